The molecule has 3 unspecified atom stereocenters. The van der Waals surface area contributed by atoms with Crippen LogP contribution in [0.5, 0.6) is 0 Å². The van der Waals surface area contributed by atoms with Gasteiger partial charge in [-0.1, -0.05) is 18.2 Å². The van der Waals surface area contributed by atoms with Crippen LogP contribution in [0.2, 0.25) is 0 Å². The first-order chi connectivity index (χ1) is 9.09. The first-order valence-corrected chi connectivity index (χ1v) is 7.20. The molecular weight excluding hydrogens is 264 g/mol. The van der Waals surface area contributed by atoms with Gasteiger partial charge in [-0.05, 0) is 18.1 Å². The first kappa shape index (κ1) is 12.4. The number of carboxylic acids is 1. The Kier molecular flexibility index (Phi) is 2.95. The van der Waals surface area contributed by atoms with E-state index in [-0.39, 0.29) is 17.3 Å². The second-order valence-electron chi connectivity index (χ2n) is 4.84. The lowest BCUT2D eigenvalue weighted by molar-refractivity contribution is -0.138. The molecule has 5 heteroatoms. The standard InChI is InChI=1S/C14H12O4S/c15-10-6-8-7-11(13(12(8)10)14(16)17)19(18)9-4-2-1-3-5-9/h1-5,8,12H,6-7H2,(H,16,17). The van der Waals surface area contributed by atoms with Crippen molar-refractivity contribution in [2.24, 2.45) is 11.8 Å². The lowest BCUT2D eigenvalue weighted by Gasteiger charge is -2.28. The van der Waals surface area contributed by atoms with Crippen molar-refractivity contribution >= 4 is 22.9 Å². The predicted molar refractivity (Wildman–Crippen MR) is 68.7 cm³/mol. The summed E-state index contributed by atoms with van der Waals surface area (Å²) < 4.78 is 12.5. The molecule has 0 spiro atoms. The highest BCUT2D eigenvalue weighted by molar-refractivity contribution is 7.95. The van der Waals surface area contributed by atoms with Crippen molar-refractivity contribution in [3.8, 4) is 0 Å². The van der Waals surface area contributed by atoms with Gasteiger partial charge in [-0.15, -0.1) is 0 Å². The third-order valence-electron chi connectivity index (χ3n) is 3.75. The number of rotatable bonds is 3. The Morgan fingerprint density at radius 3 is 2.53 bits per heavy atom. The highest BCUT2D eigenvalue weighted by atomic mass is 32.2. The molecule has 1 fully saturated rings. The molecule has 1 aromatic rings. The van der Waals surface area contributed by atoms with E-state index in [1.54, 1.807) is 24.3 Å². The molecule has 4 nitrogen and oxygen atoms in total. The zero-order valence-corrected chi connectivity index (χ0v) is 10.9. The minimum atomic E-state index is -1.48. The van der Waals surface area contributed by atoms with Gasteiger partial charge in [0.25, 0.3) is 0 Å². The number of carbonyl (C=O) groups excluding carboxylic acids is 1. The van der Waals surface area contributed by atoms with Gasteiger partial charge in [-0.2, -0.15) is 0 Å². The highest BCUT2D eigenvalue weighted by Gasteiger charge is 2.53. The van der Waals surface area contributed by atoms with Crippen molar-refractivity contribution in [3.05, 3.63) is 40.8 Å². The number of hydrogen-bond acceptors (Lipinski definition) is 3. The molecule has 1 saturated carbocycles. The molecule has 0 amide bonds. The van der Waals surface area contributed by atoms with Gasteiger partial charge >= 0.3 is 5.97 Å². The van der Waals surface area contributed by atoms with Gasteiger partial charge in [0, 0.05) is 24.0 Å². The van der Waals surface area contributed by atoms with Crippen molar-refractivity contribution in [1.82, 2.24) is 0 Å². The van der Waals surface area contributed by atoms with Crippen molar-refractivity contribution in [2.45, 2.75) is 17.7 Å². The second kappa shape index (κ2) is 4.51. The van der Waals surface area contributed by atoms with Crippen molar-refractivity contribution in [2.75, 3.05) is 0 Å². The Morgan fingerprint density at radius 2 is 1.95 bits per heavy atom. The van der Waals surface area contributed by atoms with E-state index >= 15 is 0 Å². The molecule has 0 saturated heterocycles. The largest absolute Gasteiger partial charge is 0.607 e. The van der Waals surface area contributed by atoms with Gasteiger partial charge < -0.3 is 9.66 Å². The molecule has 1 N–H and O–H groups in total. The van der Waals surface area contributed by atoms with Crippen molar-refractivity contribution in [3.63, 3.8) is 0 Å². The number of Topliss-reactive ketones (excluding diaryl/α,β-unsaturated/α-hetero) is 1. The smallest absolute Gasteiger partial charge is 0.337 e. The molecule has 0 aromatic heterocycles. The fraction of sp³-hybridized carbons (Fsp3) is 0.286. The Morgan fingerprint density at radius 1 is 1.26 bits per heavy atom. The molecule has 0 bridgehead atoms. The van der Waals surface area contributed by atoms with Crippen LogP contribution in [0.1, 0.15) is 12.8 Å². The van der Waals surface area contributed by atoms with Crippen LogP contribution < -0.4 is 0 Å². The number of benzene rings is 1. The van der Waals surface area contributed by atoms with Crippen LogP contribution in [-0.4, -0.2) is 21.4 Å². The molecule has 0 heterocycles. The van der Waals surface area contributed by atoms with Crippen molar-refractivity contribution < 1.29 is 19.2 Å². The Balaban J connectivity index is 2.00. The zero-order valence-electron chi connectivity index (χ0n) is 10.0. The van der Waals surface area contributed by atoms with E-state index in [4.69, 9.17) is 0 Å². The number of carboxylic acid groups (broad SMARTS) is 1. The van der Waals surface area contributed by atoms with E-state index in [2.05, 4.69) is 0 Å². The summed E-state index contributed by atoms with van der Waals surface area (Å²) >= 11 is -1.48. The molecule has 98 valence electrons. The first-order valence-electron chi connectivity index (χ1n) is 6.05. The molecular formula is C14H12O4S. The number of carbonyl (C=O) groups is 2. The average molecular weight is 276 g/mol. The fourth-order valence-electron chi connectivity index (χ4n) is 2.83. The van der Waals surface area contributed by atoms with Crippen LogP contribution in [0.15, 0.2) is 45.7 Å². The maximum Gasteiger partial charge on any atom is 0.337 e. The van der Waals surface area contributed by atoms with E-state index < -0.39 is 23.1 Å². The summed E-state index contributed by atoms with van der Waals surface area (Å²) in [5.74, 6) is -1.64. The summed E-state index contributed by atoms with van der Waals surface area (Å²) in [6, 6.07) is 8.77. The molecule has 2 aliphatic carbocycles. The summed E-state index contributed by atoms with van der Waals surface area (Å²) in [6.45, 7) is 0. The Hall–Kier alpha value is -1.59. The molecule has 3 rings (SSSR count). The number of allylic oxidation sites excluding steroid dienone is 1. The van der Waals surface area contributed by atoms with Gasteiger partial charge in [0.15, 0.2) is 4.90 Å². The average Bonchev–Trinajstić information content (AvgIpc) is 2.72. The number of aliphatic carboxylic acids is 1. The van der Waals surface area contributed by atoms with Crippen LogP contribution in [0.25, 0.3) is 0 Å². The lowest BCUT2D eigenvalue weighted by atomic mass is 9.72. The topological polar surface area (TPSA) is 77.4 Å². The van der Waals surface area contributed by atoms with E-state index in [9.17, 15) is 19.2 Å². The third kappa shape index (κ3) is 1.89. The number of fused-ring (bicyclic) bond motifs is 1. The lowest BCUT2D eigenvalue weighted by Crippen LogP contribution is -2.36. The summed E-state index contributed by atoms with van der Waals surface area (Å²) in [4.78, 5) is 23.9. The minimum Gasteiger partial charge on any atom is -0.607 e. The van der Waals surface area contributed by atoms with Gasteiger partial charge in [0.1, 0.15) is 10.7 Å². The SMILES string of the molecule is O=C(O)C1=C([S+]([O-])c2ccccc2)CC2CC(=O)C12. The van der Waals surface area contributed by atoms with Crippen molar-refractivity contribution in [1.29, 1.82) is 0 Å². The predicted octanol–water partition coefficient (Wildman–Crippen LogP) is 1.74. The van der Waals surface area contributed by atoms with Crippen LogP contribution in [0.4, 0.5) is 0 Å². The number of hydrogen-bond donors (Lipinski definition) is 1. The van der Waals surface area contributed by atoms with Gasteiger partial charge in [-0.3, -0.25) is 4.79 Å². The molecule has 19 heavy (non-hydrogen) atoms. The minimum absolute atomic E-state index is 0.0394. The van der Waals surface area contributed by atoms with E-state index in [0.29, 0.717) is 22.6 Å². The quantitative estimate of drug-likeness (QED) is 0.853. The van der Waals surface area contributed by atoms with Gasteiger partial charge in [0.05, 0.1) is 11.5 Å². The maximum absolute atomic E-state index is 12.5. The molecule has 0 aliphatic heterocycles. The van der Waals surface area contributed by atoms with E-state index in [1.807, 2.05) is 6.07 Å². The summed E-state index contributed by atoms with van der Waals surface area (Å²) in [6.07, 6.45) is 0.872. The fourth-order valence-corrected chi connectivity index (χ4v) is 4.30. The van der Waals surface area contributed by atoms with Crippen LogP contribution >= 0.6 is 0 Å². The molecule has 0 radical (unpaired) electrons. The van der Waals surface area contributed by atoms with Crippen LogP contribution in [0.3, 0.4) is 0 Å². The molecule has 2 aliphatic rings. The van der Waals surface area contributed by atoms with E-state index in [1.165, 1.54) is 0 Å². The van der Waals surface area contributed by atoms with Gasteiger partial charge in [-0.25, -0.2) is 4.79 Å². The Labute approximate surface area is 113 Å². The van der Waals surface area contributed by atoms with Gasteiger partial charge in [0.2, 0.25) is 0 Å². The monoisotopic (exact) mass is 276 g/mol. The Bertz CT molecular complexity index is 578. The van der Waals surface area contributed by atoms with E-state index in [0.717, 1.165) is 0 Å². The summed E-state index contributed by atoms with van der Waals surface area (Å²) in [5.41, 5.74) is 0.0726. The maximum atomic E-state index is 12.5. The molecule has 3 atom stereocenters. The summed E-state index contributed by atoms with van der Waals surface area (Å²) in [5, 5.41) is 9.27. The second-order valence-corrected chi connectivity index (χ2v) is 6.34. The normalized spacial score (nSPS) is 26.9. The summed E-state index contributed by atoms with van der Waals surface area (Å²) in [7, 11) is 0. The highest BCUT2D eigenvalue weighted by Crippen LogP contribution is 2.50. The molecule has 1 aromatic carbocycles. The van der Waals surface area contributed by atoms with Crippen LogP contribution in [0, 0.1) is 11.8 Å². The third-order valence-corrected chi connectivity index (χ3v) is 5.29. The number of ketones is 1. The zero-order chi connectivity index (χ0) is 13.6. The van der Waals surface area contributed by atoms with Crippen LogP contribution in [-0.2, 0) is 20.8 Å².